The molecular weight excluding hydrogens is 418 g/mol. The molecule has 3 N–H and O–H groups in total. The minimum atomic E-state index is -0.818. The van der Waals surface area contributed by atoms with Crippen LogP contribution in [0.5, 0.6) is 0 Å². The summed E-state index contributed by atoms with van der Waals surface area (Å²) in [5.41, 5.74) is 0.878. The van der Waals surface area contributed by atoms with Crippen molar-refractivity contribution < 1.29 is 24.3 Å². The van der Waals surface area contributed by atoms with Gasteiger partial charge in [-0.3, -0.25) is 19.2 Å². The highest BCUT2D eigenvalue weighted by Gasteiger charge is 2.63. The number of hydrogen-bond acceptors (Lipinski definition) is 5. The lowest BCUT2D eigenvalue weighted by Gasteiger charge is -2.44. The lowest BCUT2D eigenvalue weighted by molar-refractivity contribution is -0.155. The maximum absolute atomic E-state index is 12.8. The summed E-state index contributed by atoms with van der Waals surface area (Å²) in [7, 11) is 0. The Morgan fingerprint density at radius 1 is 1.13 bits per heavy atom. The minimum absolute atomic E-state index is 0.127. The third-order valence-corrected chi connectivity index (χ3v) is 7.15. The van der Waals surface area contributed by atoms with Gasteiger partial charge in [-0.1, -0.05) is 36.8 Å². The van der Waals surface area contributed by atoms with Gasteiger partial charge in [0.15, 0.2) is 0 Å². The van der Waals surface area contributed by atoms with Gasteiger partial charge in [0.2, 0.25) is 17.7 Å². The smallest absolute Gasteiger partial charge is 0.303 e. The number of carbonyl (C=O) groups is 4. The summed E-state index contributed by atoms with van der Waals surface area (Å²) in [5, 5.41) is 14.1. The fourth-order valence-corrected chi connectivity index (χ4v) is 5.69. The number of amides is 3. The van der Waals surface area contributed by atoms with Gasteiger partial charge < -0.3 is 20.6 Å². The molecule has 1 aromatic carbocycles. The number of hydrogen-bond donors (Lipinski definition) is 3. The van der Waals surface area contributed by atoms with Crippen molar-refractivity contribution in [2.75, 3.05) is 6.54 Å². The number of carboxylic acids is 1. The fraction of sp³-hybridized carbons (Fsp3) is 0.545. The lowest BCUT2D eigenvalue weighted by Crippen LogP contribution is -2.71. The largest absolute Gasteiger partial charge is 0.481 e. The van der Waals surface area contributed by atoms with Gasteiger partial charge in [0.25, 0.3) is 0 Å². The fourth-order valence-electron chi connectivity index (χ4n) is 4.06. The molecule has 2 aliphatic heterocycles. The molecule has 2 aliphatic rings. The second-order valence-corrected chi connectivity index (χ2v) is 10.2. The van der Waals surface area contributed by atoms with Crippen LogP contribution in [-0.2, 0) is 25.6 Å². The molecule has 168 valence electrons. The average molecular weight is 448 g/mol. The predicted octanol–water partition coefficient (Wildman–Crippen LogP) is 1.54. The van der Waals surface area contributed by atoms with Crippen LogP contribution in [0.25, 0.3) is 0 Å². The zero-order chi connectivity index (χ0) is 22.6. The lowest BCUT2D eigenvalue weighted by atomic mass is 9.95. The van der Waals surface area contributed by atoms with Crippen LogP contribution < -0.4 is 10.6 Å². The first-order valence-corrected chi connectivity index (χ1v) is 11.4. The van der Waals surface area contributed by atoms with E-state index in [4.69, 9.17) is 5.11 Å². The summed E-state index contributed by atoms with van der Waals surface area (Å²) >= 11 is 1.53. The third-order valence-electron chi connectivity index (χ3n) is 5.58. The first-order chi connectivity index (χ1) is 14.7. The number of fused-ring (bicyclic) bond motifs is 1. The first kappa shape index (κ1) is 23.1. The molecular formula is C22H29N3O5S. The van der Waals surface area contributed by atoms with Crippen molar-refractivity contribution in [3.8, 4) is 0 Å². The van der Waals surface area contributed by atoms with E-state index in [1.54, 1.807) is 4.90 Å². The predicted molar refractivity (Wildman–Crippen MR) is 117 cm³/mol. The van der Waals surface area contributed by atoms with Gasteiger partial charge in [-0.25, -0.2) is 0 Å². The number of carbonyl (C=O) groups excluding carboxylic acids is 3. The monoisotopic (exact) mass is 447 g/mol. The van der Waals surface area contributed by atoms with Crippen LogP contribution in [-0.4, -0.2) is 62.4 Å². The van der Waals surface area contributed by atoms with Crippen LogP contribution in [0.15, 0.2) is 30.3 Å². The second-order valence-electron chi connectivity index (χ2n) is 8.46. The molecule has 0 aliphatic carbocycles. The Morgan fingerprint density at radius 2 is 1.84 bits per heavy atom. The van der Waals surface area contributed by atoms with Gasteiger partial charge in [0.1, 0.15) is 17.5 Å². The van der Waals surface area contributed by atoms with Crippen LogP contribution in [0.4, 0.5) is 0 Å². The van der Waals surface area contributed by atoms with E-state index in [0.29, 0.717) is 19.4 Å². The Bertz CT molecular complexity index is 845. The zero-order valence-electron chi connectivity index (χ0n) is 17.8. The molecule has 3 amide bonds. The molecule has 0 spiro atoms. The van der Waals surface area contributed by atoms with Gasteiger partial charge in [-0.2, -0.15) is 0 Å². The van der Waals surface area contributed by atoms with Crippen molar-refractivity contribution in [1.29, 1.82) is 0 Å². The molecule has 0 radical (unpaired) electrons. The van der Waals surface area contributed by atoms with Crippen LogP contribution in [0.3, 0.4) is 0 Å². The van der Waals surface area contributed by atoms with Gasteiger partial charge in [0.05, 0.1) is 6.42 Å². The third kappa shape index (κ3) is 5.39. The Hall–Kier alpha value is -2.55. The summed E-state index contributed by atoms with van der Waals surface area (Å²) in [6.45, 7) is 4.31. The number of unbranched alkanes of at least 4 members (excludes halogenated alkanes) is 2. The van der Waals surface area contributed by atoms with E-state index in [1.165, 1.54) is 11.8 Å². The molecule has 2 heterocycles. The molecule has 1 aromatic rings. The Morgan fingerprint density at radius 3 is 2.52 bits per heavy atom. The summed E-state index contributed by atoms with van der Waals surface area (Å²) in [4.78, 5) is 50.1. The van der Waals surface area contributed by atoms with E-state index in [-0.39, 0.29) is 35.9 Å². The van der Waals surface area contributed by atoms with Gasteiger partial charge in [-0.05, 0) is 32.3 Å². The summed E-state index contributed by atoms with van der Waals surface area (Å²) < 4.78 is -0.480. The SMILES string of the molecule is CC1(C)S[C@@H]2[C@H](NC(=O)Cc3ccccc3)C(=O)N2[C@H]1C(=O)NCCCCCC(=O)O. The van der Waals surface area contributed by atoms with E-state index in [1.807, 2.05) is 44.2 Å². The topological polar surface area (TPSA) is 116 Å². The molecule has 3 rings (SSSR count). The molecule has 0 unspecified atom stereocenters. The molecule has 0 bridgehead atoms. The van der Waals surface area contributed by atoms with E-state index < -0.39 is 22.8 Å². The van der Waals surface area contributed by atoms with Crippen LogP contribution in [0.2, 0.25) is 0 Å². The summed E-state index contributed by atoms with van der Waals surface area (Å²) in [6.07, 6.45) is 2.32. The number of aliphatic carboxylic acids is 1. The number of nitrogens with zero attached hydrogens (tertiary/aromatic N) is 1. The second kappa shape index (κ2) is 9.72. The molecule has 0 aromatic heterocycles. The number of thioether (sulfide) groups is 1. The van der Waals surface area contributed by atoms with Crippen molar-refractivity contribution in [2.24, 2.45) is 0 Å². The Kier molecular flexibility index (Phi) is 7.25. The number of rotatable bonds is 10. The van der Waals surface area contributed by atoms with Crippen LogP contribution in [0, 0.1) is 0 Å². The summed E-state index contributed by atoms with van der Waals surface area (Å²) in [6, 6.07) is 8.12. The standard InChI is InChI=1S/C22H29N3O5S/c1-22(2)18(19(29)23-12-8-4-7-11-16(27)28)25-20(30)17(21(25)31-22)24-15(26)13-14-9-5-3-6-10-14/h3,5-6,9-10,17-18,21H,4,7-8,11-13H2,1-2H3,(H,23,29)(H,24,26)(H,27,28)/t17-,18+,21-/m1/s1. The number of benzene rings is 1. The van der Waals surface area contributed by atoms with Crippen molar-refractivity contribution in [1.82, 2.24) is 15.5 Å². The molecule has 9 heteroatoms. The minimum Gasteiger partial charge on any atom is -0.481 e. The van der Waals surface area contributed by atoms with E-state index in [0.717, 1.165) is 12.0 Å². The highest BCUT2D eigenvalue weighted by Crippen LogP contribution is 2.50. The van der Waals surface area contributed by atoms with Gasteiger partial charge >= 0.3 is 5.97 Å². The van der Waals surface area contributed by atoms with E-state index in [2.05, 4.69) is 10.6 Å². The maximum Gasteiger partial charge on any atom is 0.303 e. The molecule has 2 fully saturated rings. The zero-order valence-corrected chi connectivity index (χ0v) is 18.6. The van der Waals surface area contributed by atoms with E-state index >= 15 is 0 Å². The maximum atomic E-state index is 12.8. The van der Waals surface area contributed by atoms with Crippen molar-refractivity contribution in [3.63, 3.8) is 0 Å². The van der Waals surface area contributed by atoms with Crippen LogP contribution in [0.1, 0.15) is 45.1 Å². The Labute approximate surface area is 186 Å². The molecule has 0 saturated carbocycles. The normalized spacial score (nSPS) is 23.6. The van der Waals surface area contributed by atoms with Crippen molar-refractivity contribution in [3.05, 3.63) is 35.9 Å². The molecule has 2 saturated heterocycles. The quantitative estimate of drug-likeness (QED) is 0.370. The number of carboxylic acid groups (broad SMARTS) is 1. The van der Waals surface area contributed by atoms with Crippen LogP contribution >= 0.6 is 11.8 Å². The average Bonchev–Trinajstić information content (AvgIpc) is 2.97. The first-order valence-electron chi connectivity index (χ1n) is 10.5. The van der Waals surface area contributed by atoms with E-state index in [9.17, 15) is 19.2 Å². The molecule has 31 heavy (non-hydrogen) atoms. The Balaban J connectivity index is 1.51. The van der Waals surface area contributed by atoms with Gasteiger partial charge in [-0.15, -0.1) is 11.8 Å². The molecule has 8 nitrogen and oxygen atoms in total. The highest BCUT2D eigenvalue weighted by atomic mass is 32.2. The summed E-state index contributed by atoms with van der Waals surface area (Å²) in [5.74, 6) is -1.47. The molecule has 3 atom stereocenters. The highest BCUT2D eigenvalue weighted by molar-refractivity contribution is 8.01. The van der Waals surface area contributed by atoms with Gasteiger partial charge in [0, 0.05) is 17.7 Å². The van der Waals surface area contributed by atoms with Crippen molar-refractivity contribution >= 4 is 35.5 Å². The number of β-lactam (4-membered cyclic amide) rings is 1. The number of nitrogens with one attached hydrogen (secondary N) is 2. The van der Waals surface area contributed by atoms with Crippen molar-refractivity contribution in [2.45, 2.75) is 68.2 Å².